The van der Waals surface area contributed by atoms with Gasteiger partial charge in [0.2, 0.25) is 0 Å². The topological polar surface area (TPSA) is 36.4 Å². The third-order valence-electron chi connectivity index (χ3n) is 3.51. The van der Waals surface area contributed by atoms with E-state index in [-0.39, 0.29) is 11.6 Å². The molecule has 0 atom stereocenters. The molecule has 2 rings (SSSR count). The van der Waals surface area contributed by atoms with E-state index in [9.17, 15) is 8.78 Å². The van der Waals surface area contributed by atoms with E-state index in [4.69, 9.17) is 0 Å². The Kier molecular flexibility index (Phi) is 6.09. The summed E-state index contributed by atoms with van der Waals surface area (Å²) in [5.41, 5.74) is 2.40. The fraction of sp³-hybridized carbons (Fsp3) is 0.278. The molecule has 3 nitrogen and oxygen atoms in total. The van der Waals surface area contributed by atoms with E-state index < -0.39 is 0 Å². The van der Waals surface area contributed by atoms with Crippen molar-refractivity contribution in [2.24, 2.45) is 4.99 Å². The molecule has 0 aliphatic heterocycles. The zero-order valence-electron chi connectivity index (χ0n) is 13.4. The van der Waals surface area contributed by atoms with Crippen LogP contribution in [0.4, 0.5) is 8.78 Å². The number of aliphatic imine (C=N–C) groups is 1. The minimum Gasteiger partial charge on any atom is -0.356 e. The van der Waals surface area contributed by atoms with E-state index in [1.165, 1.54) is 18.2 Å². The van der Waals surface area contributed by atoms with E-state index >= 15 is 0 Å². The Hall–Kier alpha value is -2.43. The van der Waals surface area contributed by atoms with Gasteiger partial charge in [-0.25, -0.2) is 8.78 Å². The van der Waals surface area contributed by atoms with Crippen LogP contribution >= 0.6 is 0 Å². The number of hydrogen-bond acceptors (Lipinski definition) is 1. The van der Waals surface area contributed by atoms with Crippen LogP contribution in [0, 0.1) is 18.6 Å². The first-order chi connectivity index (χ1) is 11.1. The van der Waals surface area contributed by atoms with Crippen molar-refractivity contribution >= 4 is 5.96 Å². The molecule has 0 heterocycles. The second-order valence-corrected chi connectivity index (χ2v) is 5.32. The van der Waals surface area contributed by atoms with Crippen molar-refractivity contribution in [3.05, 3.63) is 70.8 Å². The van der Waals surface area contributed by atoms with Gasteiger partial charge in [-0.15, -0.1) is 0 Å². The van der Waals surface area contributed by atoms with Gasteiger partial charge in [0.05, 0.1) is 0 Å². The molecule has 2 aromatic rings. The van der Waals surface area contributed by atoms with Gasteiger partial charge in [0, 0.05) is 20.1 Å². The van der Waals surface area contributed by atoms with Gasteiger partial charge < -0.3 is 10.6 Å². The van der Waals surface area contributed by atoms with E-state index in [2.05, 4.69) is 15.6 Å². The van der Waals surface area contributed by atoms with Gasteiger partial charge in [0.1, 0.15) is 11.6 Å². The number of benzene rings is 2. The Bertz CT molecular complexity index is 684. The van der Waals surface area contributed by atoms with Gasteiger partial charge in [-0.3, -0.25) is 4.99 Å². The quantitative estimate of drug-likeness (QED) is 0.656. The summed E-state index contributed by atoms with van der Waals surface area (Å²) in [5.74, 6) is 0.187. The number of aryl methyl sites for hydroxylation is 1. The highest BCUT2D eigenvalue weighted by Gasteiger charge is 2.02. The average Bonchev–Trinajstić information content (AvgIpc) is 2.54. The standard InChI is InChI=1S/C18H21F2N3/c1-13-6-7-15(11-17(13)20)12-23-18(21-2)22-9-8-14-4-3-5-16(19)10-14/h3-7,10-11H,8-9,12H2,1-2H3,(H2,21,22,23). The monoisotopic (exact) mass is 317 g/mol. The third-order valence-corrected chi connectivity index (χ3v) is 3.51. The number of nitrogens with zero attached hydrogens (tertiary/aromatic N) is 1. The van der Waals surface area contributed by atoms with E-state index in [1.54, 1.807) is 26.1 Å². The summed E-state index contributed by atoms with van der Waals surface area (Å²) in [6.45, 7) is 2.85. The Labute approximate surface area is 135 Å². The van der Waals surface area contributed by atoms with Gasteiger partial charge in [0.15, 0.2) is 5.96 Å². The van der Waals surface area contributed by atoms with E-state index in [0.717, 1.165) is 11.1 Å². The highest BCUT2D eigenvalue weighted by atomic mass is 19.1. The van der Waals surface area contributed by atoms with Gasteiger partial charge >= 0.3 is 0 Å². The maximum atomic E-state index is 13.5. The van der Waals surface area contributed by atoms with Gasteiger partial charge in [-0.2, -0.15) is 0 Å². The summed E-state index contributed by atoms with van der Waals surface area (Å²) in [5, 5.41) is 6.28. The van der Waals surface area contributed by atoms with Crippen molar-refractivity contribution in [1.82, 2.24) is 10.6 Å². The fourth-order valence-electron chi connectivity index (χ4n) is 2.17. The molecule has 0 aliphatic rings. The molecule has 0 aliphatic carbocycles. The molecule has 0 radical (unpaired) electrons. The molecule has 0 aromatic heterocycles. The van der Waals surface area contributed by atoms with Crippen molar-refractivity contribution in [3.8, 4) is 0 Å². The smallest absolute Gasteiger partial charge is 0.191 e. The highest BCUT2D eigenvalue weighted by molar-refractivity contribution is 5.79. The highest BCUT2D eigenvalue weighted by Crippen LogP contribution is 2.08. The van der Waals surface area contributed by atoms with Crippen molar-refractivity contribution in [1.29, 1.82) is 0 Å². The Balaban J connectivity index is 1.80. The van der Waals surface area contributed by atoms with Crippen molar-refractivity contribution in [3.63, 3.8) is 0 Å². The Morgan fingerprint density at radius 3 is 2.57 bits per heavy atom. The van der Waals surface area contributed by atoms with Gasteiger partial charge in [-0.05, 0) is 48.2 Å². The number of hydrogen-bond donors (Lipinski definition) is 2. The van der Waals surface area contributed by atoms with Crippen LogP contribution in [0.25, 0.3) is 0 Å². The van der Waals surface area contributed by atoms with Crippen LogP contribution < -0.4 is 10.6 Å². The number of nitrogens with one attached hydrogen (secondary N) is 2. The molecule has 0 saturated heterocycles. The van der Waals surface area contributed by atoms with Crippen LogP contribution in [0.5, 0.6) is 0 Å². The van der Waals surface area contributed by atoms with Gasteiger partial charge in [-0.1, -0.05) is 24.3 Å². The average molecular weight is 317 g/mol. The number of rotatable bonds is 5. The molecule has 0 amide bonds. The van der Waals surface area contributed by atoms with Crippen molar-refractivity contribution in [2.45, 2.75) is 19.9 Å². The second kappa shape index (κ2) is 8.27. The fourth-order valence-corrected chi connectivity index (χ4v) is 2.17. The zero-order chi connectivity index (χ0) is 16.7. The van der Waals surface area contributed by atoms with Crippen LogP contribution in [0.15, 0.2) is 47.5 Å². The predicted octanol–water partition coefficient (Wildman–Crippen LogP) is 3.18. The molecule has 0 unspecified atom stereocenters. The number of halogens is 2. The molecule has 0 fully saturated rings. The predicted molar refractivity (Wildman–Crippen MR) is 89.4 cm³/mol. The summed E-state index contributed by atoms with van der Waals surface area (Å²) in [6.07, 6.45) is 0.692. The molecule has 5 heteroatoms. The van der Waals surface area contributed by atoms with E-state index in [0.29, 0.717) is 31.0 Å². The summed E-state index contributed by atoms with van der Waals surface area (Å²) >= 11 is 0. The maximum Gasteiger partial charge on any atom is 0.191 e. The first-order valence-corrected chi connectivity index (χ1v) is 7.52. The summed E-state index contributed by atoms with van der Waals surface area (Å²) in [6, 6.07) is 11.7. The Morgan fingerprint density at radius 1 is 1.04 bits per heavy atom. The minimum atomic E-state index is -0.230. The molecule has 122 valence electrons. The summed E-state index contributed by atoms with van der Waals surface area (Å²) < 4.78 is 26.6. The molecule has 0 bridgehead atoms. The maximum absolute atomic E-state index is 13.5. The lowest BCUT2D eigenvalue weighted by Gasteiger charge is -2.12. The molecule has 0 spiro atoms. The molecular weight excluding hydrogens is 296 g/mol. The van der Waals surface area contributed by atoms with Crippen LogP contribution in [-0.4, -0.2) is 19.6 Å². The van der Waals surface area contributed by atoms with Crippen LogP contribution in [-0.2, 0) is 13.0 Å². The normalized spacial score (nSPS) is 11.4. The van der Waals surface area contributed by atoms with Crippen LogP contribution in [0.2, 0.25) is 0 Å². The molecule has 2 aromatic carbocycles. The summed E-state index contributed by atoms with van der Waals surface area (Å²) in [7, 11) is 1.67. The van der Waals surface area contributed by atoms with Crippen LogP contribution in [0.1, 0.15) is 16.7 Å². The van der Waals surface area contributed by atoms with Crippen molar-refractivity contribution < 1.29 is 8.78 Å². The van der Waals surface area contributed by atoms with E-state index in [1.807, 2.05) is 12.1 Å². The van der Waals surface area contributed by atoms with Crippen LogP contribution in [0.3, 0.4) is 0 Å². The molecule has 0 saturated carbocycles. The lowest BCUT2D eigenvalue weighted by Crippen LogP contribution is -2.37. The Morgan fingerprint density at radius 2 is 1.87 bits per heavy atom. The molecular formula is C18H21F2N3. The lowest BCUT2D eigenvalue weighted by atomic mass is 10.1. The van der Waals surface area contributed by atoms with Gasteiger partial charge in [0.25, 0.3) is 0 Å². The molecule has 23 heavy (non-hydrogen) atoms. The lowest BCUT2D eigenvalue weighted by molar-refractivity contribution is 0.615. The summed E-state index contributed by atoms with van der Waals surface area (Å²) in [4.78, 5) is 4.12. The first kappa shape index (κ1) is 16.9. The minimum absolute atomic E-state index is 0.210. The third kappa shape index (κ3) is 5.36. The molecule has 2 N–H and O–H groups in total. The zero-order valence-corrected chi connectivity index (χ0v) is 13.4. The largest absolute Gasteiger partial charge is 0.356 e. The van der Waals surface area contributed by atoms with Crippen molar-refractivity contribution in [2.75, 3.05) is 13.6 Å². The SMILES string of the molecule is CN=C(NCCc1cccc(F)c1)NCc1ccc(C)c(F)c1. The second-order valence-electron chi connectivity index (χ2n) is 5.32. The number of guanidine groups is 1. The first-order valence-electron chi connectivity index (χ1n) is 7.52.